The van der Waals surface area contributed by atoms with Crippen LogP contribution in [0.25, 0.3) is 0 Å². The number of likely N-dealkylation sites (tertiary alicyclic amines) is 2. The van der Waals surface area contributed by atoms with Crippen LogP contribution < -0.4 is 4.74 Å². The highest BCUT2D eigenvalue weighted by Crippen LogP contribution is 2.25. The molecule has 26 heavy (non-hydrogen) atoms. The van der Waals surface area contributed by atoms with E-state index in [1.54, 1.807) is 36.4 Å². The molecule has 5 heteroatoms. The molecule has 1 amide bonds. The molecule has 0 aromatic heterocycles. The Morgan fingerprint density at radius 3 is 2.50 bits per heavy atom. The zero-order valence-corrected chi connectivity index (χ0v) is 14.7. The van der Waals surface area contributed by atoms with E-state index < -0.39 is 0 Å². The zero-order chi connectivity index (χ0) is 17.9. The first kappa shape index (κ1) is 17.0. The van der Waals surface area contributed by atoms with Gasteiger partial charge in [0.15, 0.2) is 0 Å². The van der Waals surface area contributed by atoms with Crippen molar-refractivity contribution in [2.75, 3.05) is 26.2 Å². The molecule has 1 atom stereocenters. The quantitative estimate of drug-likeness (QED) is 0.834. The van der Waals surface area contributed by atoms with E-state index in [-0.39, 0.29) is 11.7 Å². The number of halogens is 1. The van der Waals surface area contributed by atoms with Crippen LogP contribution in [0, 0.1) is 5.82 Å². The molecule has 0 spiro atoms. The van der Waals surface area contributed by atoms with Gasteiger partial charge >= 0.3 is 0 Å². The Labute approximate surface area is 153 Å². The molecule has 0 radical (unpaired) electrons. The number of benzene rings is 2. The number of carbonyl (C=O) groups excluding carboxylic acids is 1. The van der Waals surface area contributed by atoms with E-state index in [9.17, 15) is 9.18 Å². The van der Waals surface area contributed by atoms with E-state index >= 15 is 0 Å². The molecule has 2 aromatic carbocycles. The Kier molecular flexibility index (Phi) is 4.89. The smallest absolute Gasteiger partial charge is 0.253 e. The van der Waals surface area contributed by atoms with Crippen molar-refractivity contribution in [2.45, 2.75) is 25.3 Å². The Hall–Kier alpha value is -2.40. The highest BCUT2D eigenvalue weighted by Gasteiger charge is 2.31. The van der Waals surface area contributed by atoms with Crippen LogP contribution in [0.1, 0.15) is 29.6 Å². The highest BCUT2D eigenvalue weighted by molar-refractivity contribution is 5.94. The van der Waals surface area contributed by atoms with E-state index in [0.29, 0.717) is 23.1 Å². The lowest BCUT2D eigenvalue weighted by Crippen LogP contribution is -2.37. The first-order chi connectivity index (χ1) is 12.7. The SMILES string of the molecule is O=C(c1ccc(Oc2cccc(F)c2)cc1)N1CC[C@H](N2CCCC2)C1. The summed E-state index contributed by atoms with van der Waals surface area (Å²) in [6.45, 7) is 3.97. The van der Waals surface area contributed by atoms with Crippen LogP contribution in [0.4, 0.5) is 4.39 Å². The lowest BCUT2D eigenvalue weighted by molar-refractivity contribution is 0.0780. The van der Waals surface area contributed by atoms with Gasteiger partial charge in [-0.15, -0.1) is 0 Å². The molecule has 4 rings (SSSR count). The topological polar surface area (TPSA) is 32.8 Å². The lowest BCUT2D eigenvalue weighted by atomic mass is 10.2. The van der Waals surface area contributed by atoms with Gasteiger partial charge in [-0.05, 0) is 68.8 Å². The van der Waals surface area contributed by atoms with Crippen LogP contribution in [-0.2, 0) is 0 Å². The van der Waals surface area contributed by atoms with Crippen molar-refractivity contribution in [3.05, 3.63) is 59.9 Å². The van der Waals surface area contributed by atoms with E-state index in [1.807, 2.05) is 4.90 Å². The largest absolute Gasteiger partial charge is 0.457 e. The van der Waals surface area contributed by atoms with Gasteiger partial charge in [0.25, 0.3) is 5.91 Å². The predicted octanol–water partition coefficient (Wildman–Crippen LogP) is 3.93. The minimum absolute atomic E-state index is 0.0732. The third-order valence-electron chi connectivity index (χ3n) is 5.24. The zero-order valence-electron chi connectivity index (χ0n) is 14.7. The molecule has 0 aliphatic carbocycles. The maximum absolute atomic E-state index is 13.2. The van der Waals surface area contributed by atoms with Crippen molar-refractivity contribution in [3.8, 4) is 11.5 Å². The standard InChI is InChI=1S/C21H23FN2O2/c22-17-4-3-5-20(14-17)26-19-8-6-16(7-9-19)21(25)24-13-10-18(15-24)23-11-1-2-12-23/h3-9,14,18H,1-2,10-13,15H2/t18-/m0/s1. The van der Waals surface area contributed by atoms with Crippen molar-refractivity contribution in [3.63, 3.8) is 0 Å². The van der Waals surface area contributed by atoms with E-state index in [1.165, 1.54) is 38.1 Å². The van der Waals surface area contributed by atoms with Gasteiger partial charge < -0.3 is 9.64 Å². The average molecular weight is 354 g/mol. The summed E-state index contributed by atoms with van der Waals surface area (Å²) in [6.07, 6.45) is 3.61. The maximum atomic E-state index is 13.2. The number of amides is 1. The summed E-state index contributed by atoms with van der Waals surface area (Å²) in [4.78, 5) is 17.2. The number of rotatable bonds is 4. The lowest BCUT2D eigenvalue weighted by Gasteiger charge is -2.23. The Balaban J connectivity index is 1.38. The monoisotopic (exact) mass is 354 g/mol. The van der Waals surface area contributed by atoms with Crippen LogP contribution in [0.2, 0.25) is 0 Å². The molecule has 2 saturated heterocycles. The molecular formula is C21H23FN2O2. The van der Waals surface area contributed by atoms with Gasteiger partial charge in [0.05, 0.1) is 0 Å². The van der Waals surface area contributed by atoms with Crippen molar-refractivity contribution in [2.24, 2.45) is 0 Å². The summed E-state index contributed by atoms with van der Waals surface area (Å²) < 4.78 is 18.9. The van der Waals surface area contributed by atoms with E-state index in [2.05, 4.69) is 4.90 Å². The summed E-state index contributed by atoms with van der Waals surface area (Å²) in [5.41, 5.74) is 0.665. The molecule has 0 unspecified atom stereocenters. The Morgan fingerprint density at radius 2 is 1.77 bits per heavy atom. The van der Waals surface area contributed by atoms with Gasteiger partial charge in [-0.2, -0.15) is 0 Å². The number of hydrogen-bond donors (Lipinski definition) is 0. The van der Waals surface area contributed by atoms with Crippen molar-refractivity contribution in [1.82, 2.24) is 9.80 Å². The van der Waals surface area contributed by atoms with Crippen molar-refractivity contribution in [1.29, 1.82) is 0 Å². The third kappa shape index (κ3) is 3.73. The van der Waals surface area contributed by atoms with Crippen LogP contribution >= 0.6 is 0 Å². The van der Waals surface area contributed by atoms with Gasteiger partial charge in [0.1, 0.15) is 17.3 Å². The number of carbonyl (C=O) groups is 1. The summed E-state index contributed by atoms with van der Waals surface area (Å²) >= 11 is 0. The van der Waals surface area contributed by atoms with Crippen LogP contribution in [0.5, 0.6) is 11.5 Å². The highest BCUT2D eigenvalue weighted by atomic mass is 19.1. The molecule has 2 aromatic rings. The molecule has 4 nitrogen and oxygen atoms in total. The summed E-state index contributed by atoms with van der Waals surface area (Å²) in [5.74, 6) is 0.764. The molecule has 2 heterocycles. The number of hydrogen-bond acceptors (Lipinski definition) is 3. The van der Waals surface area contributed by atoms with Crippen molar-refractivity contribution < 1.29 is 13.9 Å². The van der Waals surface area contributed by atoms with Crippen LogP contribution in [0.15, 0.2) is 48.5 Å². The van der Waals surface area contributed by atoms with Gasteiger partial charge in [0.2, 0.25) is 0 Å². The summed E-state index contributed by atoms with van der Waals surface area (Å²) in [7, 11) is 0. The number of ether oxygens (including phenoxy) is 1. The summed E-state index contributed by atoms with van der Waals surface area (Å²) in [6, 6.07) is 13.6. The molecule has 0 bridgehead atoms. The molecule has 136 valence electrons. The second-order valence-corrected chi connectivity index (χ2v) is 7.02. The molecule has 0 N–H and O–H groups in total. The number of nitrogens with zero attached hydrogens (tertiary/aromatic N) is 2. The minimum atomic E-state index is -0.337. The van der Waals surface area contributed by atoms with E-state index in [4.69, 9.17) is 4.74 Å². The van der Waals surface area contributed by atoms with Crippen molar-refractivity contribution >= 4 is 5.91 Å². The van der Waals surface area contributed by atoms with Gasteiger partial charge in [-0.25, -0.2) is 4.39 Å². The fourth-order valence-corrected chi connectivity index (χ4v) is 3.85. The first-order valence-corrected chi connectivity index (χ1v) is 9.26. The van der Waals surface area contributed by atoms with Crippen LogP contribution in [0.3, 0.4) is 0 Å². The average Bonchev–Trinajstić information content (AvgIpc) is 3.33. The second-order valence-electron chi connectivity index (χ2n) is 7.02. The molecule has 2 aliphatic heterocycles. The van der Waals surface area contributed by atoms with Gasteiger partial charge in [-0.1, -0.05) is 6.07 Å². The normalized spacial score (nSPS) is 20.5. The molecular weight excluding hydrogens is 331 g/mol. The van der Waals surface area contributed by atoms with Gasteiger partial charge in [0, 0.05) is 30.8 Å². The van der Waals surface area contributed by atoms with E-state index in [0.717, 1.165) is 19.5 Å². The summed E-state index contributed by atoms with van der Waals surface area (Å²) in [5, 5.41) is 0. The molecule has 2 fully saturated rings. The fraction of sp³-hybridized carbons (Fsp3) is 0.381. The molecule has 2 aliphatic rings. The van der Waals surface area contributed by atoms with Gasteiger partial charge in [-0.3, -0.25) is 9.69 Å². The second kappa shape index (κ2) is 7.46. The van der Waals surface area contributed by atoms with Crippen LogP contribution in [-0.4, -0.2) is 47.9 Å². The first-order valence-electron chi connectivity index (χ1n) is 9.26. The minimum Gasteiger partial charge on any atom is -0.457 e. The Morgan fingerprint density at radius 1 is 1.00 bits per heavy atom. The fourth-order valence-electron chi connectivity index (χ4n) is 3.85. The Bertz CT molecular complexity index is 772. The third-order valence-corrected chi connectivity index (χ3v) is 5.24. The predicted molar refractivity (Wildman–Crippen MR) is 98.0 cm³/mol. The maximum Gasteiger partial charge on any atom is 0.253 e. The molecule has 0 saturated carbocycles.